The normalized spacial score (nSPS) is 16.1. The summed E-state index contributed by atoms with van der Waals surface area (Å²) in [6.45, 7) is 1.96. The Bertz CT molecular complexity index is 428. The summed E-state index contributed by atoms with van der Waals surface area (Å²) in [7, 11) is 0. The van der Waals surface area contributed by atoms with Crippen LogP contribution in [0.2, 0.25) is 5.02 Å². The lowest BCUT2D eigenvalue weighted by molar-refractivity contribution is 0.754. The predicted octanol–water partition coefficient (Wildman–Crippen LogP) is 3.87. The lowest BCUT2D eigenvalue weighted by atomic mass is 10.1. The van der Waals surface area contributed by atoms with Crippen LogP contribution in [0.25, 0.3) is 0 Å². The molecule has 1 fully saturated rings. The molecule has 16 heavy (non-hydrogen) atoms. The molecule has 0 aromatic heterocycles. The molecule has 0 saturated heterocycles. The Morgan fingerprint density at radius 2 is 2.06 bits per heavy atom. The van der Waals surface area contributed by atoms with E-state index in [1.54, 1.807) is 6.07 Å². The highest BCUT2D eigenvalue weighted by atomic mass is 35.5. The van der Waals surface area contributed by atoms with Gasteiger partial charge >= 0.3 is 0 Å². The second-order valence-corrected chi connectivity index (χ2v) is 4.72. The van der Waals surface area contributed by atoms with Crippen LogP contribution in [-0.2, 0) is 0 Å². The van der Waals surface area contributed by atoms with Crippen LogP contribution in [0.1, 0.15) is 36.8 Å². The Kier molecular flexibility index (Phi) is 3.36. The molecule has 1 aliphatic rings. The first-order chi connectivity index (χ1) is 7.72. The van der Waals surface area contributed by atoms with Gasteiger partial charge in [-0.15, -0.1) is 0 Å². The minimum Gasteiger partial charge on any atom is -0.382 e. The van der Waals surface area contributed by atoms with Gasteiger partial charge < -0.3 is 5.32 Å². The lowest BCUT2D eigenvalue weighted by Crippen LogP contribution is -2.15. The van der Waals surface area contributed by atoms with Crippen molar-refractivity contribution in [2.75, 3.05) is 5.32 Å². The van der Waals surface area contributed by atoms with Crippen molar-refractivity contribution in [2.45, 2.75) is 38.6 Å². The van der Waals surface area contributed by atoms with Crippen molar-refractivity contribution in [3.05, 3.63) is 28.3 Å². The van der Waals surface area contributed by atoms with E-state index in [9.17, 15) is 0 Å². The van der Waals surface area contributed by atoms with Gasteiger partial charge in [-0.25, -0.2) is 0 Å². The number of halogens is 1. The van der Waals surface area contributed by atoms with Gasteiger partial charge in [-0.1, -0.05) is 24.4 Å². The minimum atomic E-state index is 0.552. The number of hydrogen-bond acceptors (Lipinski definition) is 2. The van der Waals surface area contributed by atoms with Crippen LogP contribution in [-0.4, -0.2) is 6.04 Å². The van der Waals surface area contributed by atoms with E-state index in [0.717, 1.165) is 11.3 Å². The average molecular weight is 235 g/mol. The second kappa shape index (κ2) is 4.76. The molecule has 0 heterocycles. The van der Waals surface area contributed by atoms with Crippen molar-refractivity contribution in [1.29, 1.82) is 5.26 Å². The van der Waals surface area contributed by atoms with Crippen molar-refractivity contribution in [2.24, 2.45) is 0 Å². The van der Waals surface area contributed by atoms with Crippen molar-refractivity contribution >= 4 is 17.3 Å². The number of anilines is 1. The number of benzene rings is 1. The van der Waals surface area contributed by atoms with Crippen LogP contribution in [0.4, 0.5) is 5.69 Å². The fraction of sp³-hybridized carbons (Fsp3) is 0.462. The van der Waals surface area contributed by atoms with Gasteiger partial charge in [-0.05, 0) is 37.5 Å². The number of hydrogen-bond donors (Lipinski definition) is 1. The molecule has 1 aliphatic carbocycles. The first-order valence-corrected chi connectivity index (χ1v) is 6.06. The SMILES string of the molecule is Cc1c(NC2CCCC2)ccc(C#N)c1Cl. The third-order valence-corrected chi connectivity index (χ3v) is 3.71. The van der Waals surface area contributed by atoms with E-state index in [-0.39, 0.29) is 0 Å². The zero-order chi connectivity index (χ0) is 11.5. The number of nitrogens with zero attached hydrogens (tertiary/aromatic N) is 1. The first-order valence-electron chi connectivity index (χ1n) is 5.68. The highest BCUT2D eigenvalue weighted by Gasteiger charge is 2.16. The fourth-order valence-corrected chi connectivity index (χ4v) is 2.42. The van der Waals surface area contributed by atoms with E-state index in [0.29, 0.717) is 16.6 Å². The standard InChI is InChI=1S/C13H15ClN2/c1-9-12(16-11-4-2-3-5-11)7-6-10(8-15)13(9)14/h6-7,11,16H,2-5H2,1H3. The molecule has 84 valence electrons. The topological polar surface area (TPSA) is 35.8 Å². The van der Waals surface area contributed by atoms with Gasteiger partial charge in [0, 0.05) is 11.7 Å². The Morgan fingerprint density at radius 1 is 1.38 bits per heavy atom. The van der Waals surface area contributed by atoms with Gasteiger partial charge in [0.25, 0.3) is 0 Å². The maximum absolute atomic E-state index is 8.86. The van der Waals surface area contributed by atoms with Crippen LogP contribution >= 0.6 is 11.6 Å². The van der Waals surface area contributed by atoms with E-state index in [4.69, 9.17) is 16.9 Å². The molecule has 1 saturated carbocycles. The Labute approximate surface area is 101 Å². The van der Waals surface area contributed by atoms with Crippen LogP contribution in [0.3, 0.4) is 0 Å². The lowest BCUT2D eigenvalue weighted by Gasteiger charge is -2.16. The predicted molar refractivity (Wildman–Crippen MR) is 66.8 cm³/mol. The van der Waals surface area contributed by atoms with Crippen LogP contribution in [0.15, 0.2) is 12.1 Å². The Hall–Kier alpha value is -1.20. The van der Waals surface area contributed by atoms with Crippen LogP contribution < -0.4 is 5.32 Å². The van der Waals surface area contributed by atoms with Crippen molar-refractivity contribution < 1.29 is 0 Å². The maximum Gasteiger partial charge on any atom is 0.101 e. The van der Waals surface area contributed by atoms with Crippen LogP contribution in [0, 0.1) is 18.3 Å². The Morgan fingerprint density at radius 3 is 2.69 bits per heavy atom. The largest absolute Gasteiger partial charge is 0.382 e. The number of nitrogens with one attached hydrogen (secondary N) is 1. The molecule has 1 N–H and O–H groups in total. The zero-order valence-electron chi connectivity index (χ0n) is 9.39. The van der Waals surface area contributed by atoms with Gasteiger partial charge in [-0.3, -0.25) is 0 Å². The van der Waals surface area contributed by atoms with E-state index in [1.807, 2.05) is 13.0 Å². The molecule has 1 aromatic carbocycles. The molecule has 2 nitrogen and oxygen atoms in total. The average Bonchev–Trinajstić information content (AvgIpc) is 2.78. The molecular weight excluding hydrogens is 220 g/mol. The fourth-order valence-electron chi connectivity index (χ4n) is 2.22. The zero-order valence-corrected chi connectivity index (χ0v) is 10.1. The molecule has 2 rings (SSSR count). The second-order valence-electron chi connectivity index (χ2n) is 4.34. The smallest absolute Gasteiger partial charge is 0.101 e. The van der Waals surface area contributed by atoms with E-state index < -0.39 is 0 Å². The van der Waals surface area contributed by atoms with E-state index >= 15 is 0 Å². The van der Waals surface area contributed by atoms with Gasteiger partial charge in [0.1, 0.15) is 6.07 Å². The van der Waals surface area contributed by atoms with Gasteiger partial charge in [-0.2, -0.15) is 5.26 Å². The summed E-state index contributed by atoms with van der Waals surface area (Å²) in [5, 5.41) is 12.9. The summed E-state index contributed by atoms with van der Waals surface area (Å²) >= 11 is 6.12. The highest BCUT2D eigenvalue weighted by molar-refractivity contribution is 6.32. The molecule has 0 atom stereocenters. The summed E-state index contributed by atoms with van der Waals surface area (Å²) < 4.78 is 0. The Balaban J connectivity index is 2.22. The molecule has 0 amide bonds. The molecule has 0 bridgehead atoms. The molecule has 3 heteroatoms. The summed E-state index contributed by atoms with van der Waals surface area (Å²) in [6, 6.07) is 6.41. The first kappa shape index (κ1) is 11.3. The van der Waals surface area contributed by atoms with E-state index in [2.05, 4.69) is 11.4 Å². The molecule has 0 aliphatic heterocycles. The number of rotatable bonds is 2. The number of nitriles is 1. The van der Waals surface area contributed by atoms with Gasteiger partial charge in [0.2, 0.25) is 0 Å². The van der Waals surface area contributed by atoms with E-state index in [1.165, 1.54) is 25.7 Å². The summed E-state index contributed by atoms with van der Waals surface area (Å²) in [5.41, 5.74) is 2.60. The summed E-state index contributed by atoms with van der Waals surface area (Å²) in [4.78, 5) is 0. The highest BCUT2D eigenvalue weighted by Crippen LogP contribution is 2.29. The molecule has 0 spiro atoms. The van der Waals surface area contributed by atoms with Crippen molar-refractivity contribution in [3.63, 3.8) is 0 Å². The van der Waals surface area contributed by atoms with Gasteiger partial charge in [0.05, 0.1) is 10.6 Å². The van der Waals surface area contributed by atoms with Crippen molar-refractivity contribution in [1.82, 2.24) is 0 Å². The quantitative estimate of drug-likeness (QED) is 0.843. The molecule has 0 unspecified atom stereocenters. The van der Waals surface area contributed by atoms with Crippen LogP contribution in [0.5, 0.6) is 0 Å². The molecule has 1 aromatic rings. The monoisotopic (exact) mass is 234 g/mol. The molecular formula is C13H15ClN2. The third-order valence-electron chi connectivity index (χ3n) is 3.22. The van der Waals surface area contributed by atoms with Gasteiger partial charge in [0.15, 0.2) is 0 Å². The molecule has 0 radical (unpaired) electrons. The summed E-state index contributed by atoms with van der Waals surface area (Å²) in [6.07, 6.45) is 5.08. The summed E-state index contributed by atoms with van der Waals surface area (Å²) in [5.74, 6) is 0. The minimum absolute atomic E-state index is 0.552. The maximum atomic E-state index is 8.86. The third kappa shape index (κ3) is 2.15. The van der Waals surface area contributed by atoms with Crippen molar-refractivity contribution in [3.8, 4) is 6.07 Å².